The van der Waals surface area contributed by atoms with Gasteiger partial charge in [0.2, 0.25) is 5.88 Å². The van der Waals surface area contributed by atoms with E-state index in [0.29, 0.717) is 18.3 Å². The number of hydrogen-bond donors (Lipinski definition) is 1. The summed E-state index contributed by atoms with van der Waals surface area (Å²) in [6, 6.07) is 1.82. The summed E-state index contributed by atoms with van der Waals surface area (Å²) in [6.07, 6.45) is 0. The van der Waals surface area contributed by atoms with E-state index in [4.69, 9.17) is 4.74 Å². The minimum Gasteiger partial charge on any atom is -0.478 e. The molecule has 0 atom stereocenters. The summed E-state index contributed by atoms with van der Waals surface area (Å²) in [4.78, 5) is 8.48. The maximum Gasteiger partial charge on any atom is 0.218 e. The first kappa shape index (κ1) is 11.8. The quantitative estimate of drug-likeness (QED) is 0.830. The van der Waals surface area contributed by atoms with Crippen LogP contribution >= 0.6 is 0 Å². The molecule has 0 saturated carbocycles. The second kappa shape index (κ2) is 4.47. The lowest BCUT2D eigenvalue weighted by Gasteiger charge is -2.21. The maximum absolute atomic E-state index is 5.35. The first-order valence-electron chi connectivity index (χ1n) is 5.17. The molecule has 0 saturated heterocycles. The maximum atomic E-state index is 5.35. The molecule has 15 heavy (non-hydrogen) atoms. The molecule has 0 aliphatic carbocycles. The Balaban J connectivity index is 2.88. The van der Waals surface area contributed by atoms with Crippen LogP contribution in [0, 0.1) is 6.92 Å². The van der Waals surface area contributed by atoms with E-state index in [-0.39, 0.29) is 5.54 Å². The van der Waals surface area contributed by atoms with E-state index in [0.717, 1.165) is 5.82 Å². The van der Waals surface area contributed by atoms with Crippen LogP contribution in [0.25, 0.3) is 0 Å². The Morgan fingerprint density at radius 1 is 1.33 bits per heavy atom. The predicted molar refractivity (Wildman–Crippen MR) is 61.3 cm³/mol. The fourth-order valence-corrected chi connectivity index (χ4v) is 1.21. The molecule has 1 aromatic rings. The van der Waals surface area contributed by atoms with Crippen molar-refractivity contribution in [1.29, 1.82) is 0 Å². The highest BCUT2D eigenvalue weighted by Crippen LogP contribution is 2.17. The van der Waals surface area contributed by atoms with Crippen molar-refractivity contribution in [2.75, 3.05) is 11.9 Å². The van der Waals surface area contributed by atoms with E-state index in [1.54, 1.807) is 0 Å². The molecule has 0 fully saturated rings. The molecule has 1 N–H and O–H groups in total. The van der Waals surface area contributed by atoms with Gasteiger partial charge in [-0.05, 0) is 34.6 Å². The van der Waals surface area contributed by atoms with Gasteiger partial charge in [0, 0.05) is 11.6 Å². The molecule has 0 bridgehead atoms. The van der Waals surface area contributed by atoms with Crippen LogP contribution < -0.4 is 10.1 Å². The number of nitrogens with one attached hydrogen (secondary N) is 1. The van der Waals surface area contributed by atoms with Crippen molar-refractivity contribution in [3.63, 3.8) is 0 Å². The van der Waals surface area contributed by atoms with Crippen LogP contribution in [0.2, 0.25) is 0 Å². The van der Waals surface area contributed by atoms with Crippen LogP contribution in [-0.2, 0) is 0 Å². The molecule has 0 aliphatic heterocycles. The molecule has 0 aliphatic rings. The Bertz CT molecular complexity index is 331. The van der Waals surface area contributed by atoms with Crippen LogP contribution in [0.1, 0.15) is 33.5 Å². The lowest BCUT2D eigenvalue weighted by Crippen LogP contribution is -2.26. The summed E-state index contributed by atoms with van der Waals surface area (Å²) in [5.74, 6) is 2.14. The average molecular weight is 209 g/mol. The molecule has 4 heteroatoms. The number of nitrogens with zero attached hydrogens (tertiary/aromatic N) is 2. The van der Waals surface area contributed by atoms with E-state index >= 15 is 0 Å². The third-order valence-electron chi connectivity index (χ3n) is 1.61. The van der Waals surface area contributed by atoms with Crippen molar-refractivity contribution < 1.29 is 4.74 Å². The van der Waals surface area contributed by atoms with Crippen LogP contribution in [-0.4, -0.2) is 22.1 Å². The van der Waals surface area contributed by atoms with Crippen molar-refractivity contribution in [3.05, 3.63) is 11.9 Å². The van der Waals surface area contributed by atoms with Gasteiger partial charge in [0.05, 0.1) is 6.61 Å². The number of hydrogen-bond acceptors (Lipinski definition) is 4. The van der Waals surface area contributed by atoms with Gasteiger partial charge in [-0.3, -0.25) is 0 Å². The molecule has 0 radical (unpaired) electrons. The molecular formula is C11H19N3O. The highest BCUT2D eigenvalue weighted by molar-refractivity contribution is 5.40. The second-order valence-electron chi connectivity index (χ2n) is 4.45. The first-order valence-corrected chi connectivity index (χ1v) is 5.17. The van der Waals surface area contributed by atoms with Crippen LogP contribution in [0.4, 0.5) is 5.82 Å². The second-order valence-corrected chi connectivity index (χ2v) is 4.45. The molecule has 4 nitrogen and oxygen atoms in total. The molecule has 0 amide bonds. The smallest absolute Gasteiger partial charge is 0.218 e. The van der Waals surface area contributed by atoms with Crippen molar-refractivity contribution in [2.45, 2.75) is 40.2 Å². The van der Waals surface area contributed by atoms with E-state index in [1.165, 1.54) is 0 Å². The molecule has 0 unspecified atom stereocenters. The fraction of sp³-hybridized carbons (Fsp3) is 0.636. The van der Waals surface area contributed by atoms with Gasteiger partial charge in [-0.15, -0.1) is 0 Å². The van der Waals surface area contributed by atoms with Crippen molar-refractivity contribution in [3.8, 4) is 5.88 Å². The minimum absolute atomic E-state index is 0.00964. The SMILES string of the molecule is CCOc1cc(NC(C)(C)C)nc(C)n1. The van der Waals surface area contributed by atoms with Gasteiger partial charge >= 0.3 is 0 Å². The van der Waals surface area contributed by atoms with Gasteiger partial charge in [0.1, 0.15) is 11.6 Å². The monoisotopic (exact) mass is 209 g/mol. The zero-order valence-electron chi connectivity index (χ0n) is 10.1. The third kappa shape index (κ3) is 4.14. The Morgan fingerprint density at radius 2 is 2.00 bits per heavy atom. The Labute approximate surface area is 91.1 Å². The summed E-state index contributed by atoms with van der Waals surface area (Å²) in [5.41, 5.74) is -0.00964. The van der Waals surface area contributed by atoms with Gasteiger partial charge in [-0.25, -0.2) is 4.98 Å². The topological polar surface area (TPSA) is 47.0 Å². The van der Waals surface area contributed by atoms with Gasteiger partial charge < -0.3 is 10.1 Å². The van der Waals surface area contributed by atoms with E-state index < -0.39 is 0 Å². The predicted octanol–water partition coefficient (Wildman–Crippen LogP) is 2.39. The van der Waals surface area contributed by atoms with Crippen molar-refractivity contribution in [2.24, 2.45) is 0 Å². The van der Waals surface area contributed by atoms with E-state index in [1.807, 2.05) is 19.9 Å². The Kier molecular flexibility index (Phi) is 3.50. The number of aromatic nitrogens is 2. The normalized spacial score (nSPS) is 11.3. The number of anilines is 1. The summed E-state index contributed by atoms with van der Waals surface area (Å²) in [6.45, 7) is 10.7. The lowest BCUT2D eigenvalue weighted by molar-refractivity contribution is 0.325. The van der Waals surface area contributed by atoms with E-state index in [2.05, 4.69) is 36.1 Å². The van der Waals surface area contributed by atoms with Gasteiger partial charge in [-0.2, -0.15) is 4.98 Å². The zero-order chi connectivity index (χ0) is 11.5. The molecule has 1 aromatic heterocycles. The molecular weight excluding hydrogens is 190 g/mol. The number of rotatable bonds is 3. The third-order valence-corrected chi connectivity index (χ3v) is 1.61. The lowest BCUT2D eigenvalue weighted by atomic mass is 10.1. The van der Waals surface area contributed by atoms with Crippen LogP contribution in [0.5, 0.6) is 5.88 Å². The van der Waals surface area contributed by atoms with Crippen LogP contribution in [0.15, 0.2) is 6.07 Å². The van der Waals surface area contributed by atoms with Crippen LogP contribution in [0.3, 0.4) is 0 Å². The minimum atomic E-state index is -0.00964. The highest BCUT2D eigenvalue weighted by Gasteiger charge is 2.11. The summed E-state index contributed by atoms with van der Waals surface area (Å²) >= 11 is 0. The average Bonchev–Trinajstić information content (AvgIpc) is 1.99. The molecule has 0 spiro atoms. The fourth-order valence-electron chi connectivity index (χ4n) is 1.21. The summed E-state index contributed by atoms with van der Waals surface area (Å²) < 4.78 is 5.35. The number of ether oxygens (including phenoxy) is 1. The highest BCUT2D eigenvalue weighted by atomic mass is 16.5. The van der Waals surface area contributed by atoms with Crippen molar-refractivity contribution >= 4 is 5.82 Å². The summed E-state index contributed by atoms with van der Waals surface area (Å²) in [7, 11) is 0. The largest absolute Gasteiger partial charge is 0.478 e. The molecule has 1 rings (SSSR count). The number of aryl methyl sites for hydroxylation is 1. The van der Waals surface area contributed by atoms with Crippen molar-refractivity contribution in [1.82, 2.24) is 9.97 Å². The Morgan fingerprint density at radius 3 is 2.53 bits per heavy atom. The Hall–Kier alpha value is -1.32. The first-order chi connectivity index (χ1) is 6.90. The molecule has 0 aromatic carbocycles. The molecule has 84 valence electrons. The van der Waals surface area contributed by atoms with Gasteiger partial charge in [0.25, 0.3) is 0 Å². The summed E-state index contributed by atoms with van der Waals surface area (Å²) in [5, 5.41) is 3.29. The van der Waals surface area contributed by atoms with E-state index in [9.17, 15) is 0 Å². The zero-order valence-corrected chi connectivity index (χ0v) is 10.1. The molecule has 1 heterocycles. The standard InChI is InChI=1S/C11H19N3O/c1-6-15-10-7-9(12-8(2)13-10)14-11(3,4)5/h7H,6H2,1-5H3,(H,12,13,14). The van der Waals surface area contributed by atoms with Gasteiger partial charge in [-0.1, -0.05) is 0 Å². The van der Waals surface area contributed by atoms with Gasteiger partial charge in [0.15, 0.2) is 0 Å².